The van der Waals surface area contributed by atoms with Gasteiger partial charge in [-0.05, 0) is 23.5 Å². The maximum atomic E-state index is 10.7. The van der Waals surface area contributed by atoms with Crippen LogP contribution in [-0.2, 0) is 10.2 Å². The van der Waals surface area contributed by atoms with Gasteiger partial charge in [-0.3, -0.25) is 4.79 Å². The lowest BCUT2D eigenvalue weighted by atomic mass is 9.85. The van der Waals surface area contributed by atoms with Crippen LogP contribution in [0.3, 0.4) is 0 Å². The first-order chi connectivity index (χ1) is 7.32. The van der Waals surface area contributed by atoms with Crippen molar-refractivity contribution in [2.24, 2.45) is 5.73 Å². The molecule has 1 amide bonds. The van der Waals surface area contributed by atoms with Gasteiger partial charge in [0.2, 0.25) is 0 Å². The third-order valence-electron chi connectivity index (χ3n) is 2.38. The number of hydrogen-bond acceptors (Lipinski definition) is 2. The molecule has 3 nitrogen and oxygen atoms in total. The highest BCUT2D eigenvalue weighted by Gasteiger charge is 2.20. The lowest BCUT2D eigenvalue weighted by Crippen LogP contribution is -2.22. The number of nitrogens with two attached hydrogens (primary N) is 1. The van der Waals surface area contributed by atoms with Crippen LogP contribution in [0.15, 0.2) is 18.2 Å². The van der Waals surface area contributed by atoms with Gasteiger partial charge in [0.05, 0.1) is 0 Å². The fourth-order valence-electron chi connectivity index (χ4n) is 1.58. The molecule has 1 rings (SSSR count). The van der Waals surface area contributed by atoms with Crippen LogP contribution in [0, 0.1) is 6.92 Å². The zero-order valence-electron chi connectivity index (χ0n) is 10.3. The molecule has 0 aromatic heterocycles. The second-order valence-electron chi connectivity index (χ2n) is 4.96. The van der Waals surface area contributed by atoms with E-state index in [9.17, 15) is 4.79 Å². The molecule has 0 spiro atoms. The minimum absolute atomic E-state index is 0.0149. The third kappa shape index (κ3) is 2.99. The van der Waals surface area contributed by atoms with E-state index in [1.54, 1.807) is 0 Å². The molecule has 2 N–H and O–H groups in total. The number of carbonyl (C=O) groups is 1. The Labute approximate surface area is 96.6 Å². The molecule has 1 aromatic rings. The van der Waals surface area contributed by atoms with Gasteiger partial charge in [0.15, 0.2) is 6.61 Å². The van der Waals surface area contributed by atoms with Gasteiger partial charge in [-0.2, -0.15) is 0 Å². The van der Waals surface area contributed by atoms with E-state index < -0.39 is 5.91 Å². The average Bonchev–Trinajstić information content (AvgIpc) is 2.13. The molecule has 3 heteroatoms. The second kappa shape index (κ2) is 4.56. The molecule has 0 heterocycles. The molecule has 0 saturated heterocycles. The highest BCUT2D eigenvalue weighted by atomic mass is 16.5. The zero-order chi connectivity index (χ0) is 12.3. The Kier molecular flexibility index (Phi) is 3.58. The van der Waals surface area contributed by atoms with Gasteiger partial charge in [-0.1, -0.05) is 39.0 Å². The van der Waals surface area contributed by atoms with Gasteiger partial charge < -0.3 is 10.5 Å². The maximum Gasteiger partial charge on any atom is 0.255 e. The monoisotopic (exact) mass is 221 g/mol. The predicted octanol–water partition coefficient (Wildman–Crippen LogP) is 2.16. The van der Waals surface area contributed by atoms with Gasteiger partial charge >= 0.3 is 0 Å². The van der Waals surface area contributed by atoms with Gasteiger partial charge in [0.1, 0.15) is 5.75 Å². The molecule has 88 valence electrons. The summed E-state index contributed by atoms with van der Waals surface area (Å²) in [6, 6.07) is 5.97. The van der Waals surface area contributed by atoms with E-state index in [0.717, 1.165) is 16.9 Å². The molecule has 0 aliphatic heterocycles. The highest BCUT2D eigenvalue weighted by molar-refractivity contribution is 5.75. The van der Waals surface area contributed by atoms with Crippen LogP contribution in [0.2, 0.25) is 0 Å². The lowest BCUT2D eigenvalue weighted by molar-refractivity contribution is -0.119. The van der Waals surface area contributed by atoms with Gasteiger partial charge in [-0.15, -0.1) is 0 Å². The van der Waals surface area contributed by atoms with Crippen molar-refractivity contribution in [1.82, 2.24) is 0 Å². The number of para-hydroxylation sites is 1. The van der Waals surface area contributed by atoms with Crippen LogP contribution in [0.25, 0.3) is 0 Å². The van der Waals surface area contributed by atoms with E-state index in [4.69, 9.17) is 10.5 Å². The summed E-state index contributed by atoms with van der Waals surface area (Å²) in [5, 5.41) is 0. The normalized spacial score (nSPS) is 11.2. The summed E-state index contributed by atoms with van der Waals surface area (Å²) >= 11 is 0. The summed E-state index contributed by atoms with van der Waals surface area (Å²) in [7, 11) is 0. The molecule has 0 saturated carbocycles. The molecule has 0 aliphatic rings. The Balaban J connectivity index is 3.09. The van der Waals surface area contributed by atoms with Gasteiger partial charge in [0, 0.05) is 0 Å². The van der Waals surface area contributed by atoms with Crippen LogP contribution < -0.4 is 10.5 Å². The Hall–Kier alpha value is -1.51. The van der Waals surface area contributed by atoms with Crippen LogP contribution in [0.5, 0.6) is 5.75 Å². The molecule has 0 unspecified atom stereocenters. The number of rotatable bonds is 3. The molecule has 0 bridgehead atoms. The summed E-state index contributed by atoms with van der Waals surface area (Å²) in [6.45, 7) is 8.22. The largest absolute Gasteiger partial charge is 0.483 e. The molecule has 0 fully saturated rings. The number of hydrogen-bond donors (Lipinski definition) is 1. The van der Waals surface area contributed by atoms with E-state index in [-0.39, 0.29) is 12.0 Å². The average molecular weight is 221 g/mol. The summed E-state index contributed by atoms with van der Waals surface area (Å²) in [4.78, 5) is 10.7. The predicted molar refractivity (Wildman–Crippen MR) is 64.6 cm³/mol. The number of primary amides is 1. The lowest BCUT2D eigenvalue weighted by Gasteiger charge is -2.23. The van der Waals surface area contributed by atoms with E-state index >= 15 is 0 Å². The van der Waals surface area contributed by atoms with Crippen molar-refractivity contribution in [2.75, 3.05) is 6.61 Å². The Bertz CT molecular complexity index is 391. The summed E-state index contributed by atoms with van der Waals surface area (Å²) in [5.41, 5.74) is 7.18. The van der Waals surface area contributed by atoms with Crippen molar-refractivity contribution in [2.45, 2.75) is 33.1 Å². The van der Waals surface area contributed by atoms with Crippen molar-refractivity contribution in [3.63, 3.8) is 0 Å². The number of ether oxygens (including phenoxy) is 1. The minimum Gasteiger partial charge on any atom is -0.483 e. The topological polar surface area (TPSA) is 52.3 Å². The highest BCUT2D eigenvalue weighted by Crippen LogP contribution is 2.33. The number of amides is 1. The van der Waals surface area contributed by atoms with Crippen molar-refractivity contribution in [3.8, 4) is 5.75 Å². The van der Waals surface area contributed by atoms with Crippen LogP contribution in [-0.4, -0.2) is 12.5 Å². The quantitative estimate of drug-likeness (QED) is 0.850. The van der Waals surface area contributed by atoms with E-state index in [2.05, 4.69) is 20.8 Å². The van der Waals surface area contributed by atoms with E-state index in [1.165, 1.54) is 0 Å². The molecule has 16 heavy (non-hydrogen) atoms. The molecule has 0 atom stereocenters. The second-order valence-corrected chi connectivity index (χ2v) is 4.96. The van der Waals surface area contributed by atoms with Crippen LogP contribution >= 0.6 is 0 Å². The van der Waals surface area contributed by atoms with Gasteiger partial charge in [0.25, 0.3) is 5.91 Å². The van der Waals surface area contributed by atoms with E-state index in [0.29, 0.717) is 0 Å². The van der Waals surface area contributed by atoms with Crippen molar-refractivity contribution >= 4 is 5.91 Å². The number of benzene rings is 1. The van der Waals surface area contributed by atoms with Crippen molar-refractivity contribution in [1.29, 1.82) is 0 Å². The SMILES string of the molecule is Cc1cccc(C(C)(C)C)c1OCC(N)=O. The summed E-state index contributed by atoms with van der Waals surface area (Å²) in [5.74, 6) is 0.317. The Morgan fingerprint density at radius 1 is 1.38 bits per heavy atom. The number of aryl methyl sites for hydroxylation is 1. The first-order valence-electron chi connectivity index (χ1n) is 5.33. The summed E-state index contributed by atoms with van der Waals surface area (Å²) < 4.78 is 5.48. The van der Waals surface area contributed by atoms with Gasteiger partial charge in [-0.25, -0.2) is 0 Å². The molecule has 0 aliphatic carbocycles. The third-order valence-corrected chi connectivity index (χ3v) is 2.38. The summed E-state index contributed by atoms with van der Waals surface area (Å²) in [6.07, 6.45) is 0. The number of carbonyl (C=O) groups excluding carboxylic acids is 1. The Morgan fingerprint density at radius 2 is 2.00 bits per heavy atom. The van der Waals surface area contributed by atoms with Crippen LogP contribution in [0.1, 0.15) is 31.9 Å². The fourth-order valence-corrected chi connectivity index (χ4v) is 1.58. The van der Waals surface area contributed by atoms with Crippen molar-refractivity contribution in [3.05, 3.63) is 29.3 Å². The maximum absolute atomic E-state index is 10.7. The smallest absolute Gasteiger partial charge is 0.255 e. The minimum atomic E-state index is -0.455. The van der Waals surface area contributed by atoms with E-state index in [1.807, 2.05) is 25.1 Å². The molecular weight excluding hydrogens is 202 g/mol. The molecule has 1 aromatic carbocycles. The first kappa shape index (κ1) is 12.6. The molecular formula is C13H19NO2. The Morgan fingerprint density at radius 3 is 2.50 bits per heavy atom. The fraction of sp³-hybridized carbons (Fsp3) is 0.462. The van der Waals surface area contributed by atoms with Crippen molar-refractivity contribution < 1.29 is 9.53 Å². The standard InChI is InChI=1S/C13H19NO2/c1-9-6-5-7-10(13(2,3)4)12(9)16-8-11(14)15/h5-7H,8H2,1-4H3,(H2,14,15). The first-order valence-corrected chi connectivity index (χ1v) is 5.33. The molecule has 0 radical (unpaired) electrons. The van der Waals surface area contributed by atoms with Crippen LogP contribution in [0.4, 0.5) is 0 Å². The zero-order valence-corrected chi connectivity index (χ0v) is 10.3.